The van der Waals surface area contributed by atoms with Crippen LogP contribution in [0.15, 0.2) is 53.8 Å². The molecule has 3 aromatic rings. The number of benzene rings is 2. The minimum absolute atomic E-state index is 0.225. The predicted octanol–water partition coefficient (Wildman–Crippen LogP) is 6.58. The van der Waals surface area contributed by atoms with Crippen molar-refractivity contribution in [1.29, 1.82) is 0 Å². The third-order valence-corrected chi connectivity index (χ3v) is 8.29. The van der Waals surface area contributed by atoms with Crippen LogP contribution in [-0.2, 0) is 0 Å². The Kier molecular flexibility index (Phi) is 3.70. The zero-order valence-corrected chi connectivity index (χ0v) is 16.9. The molecule has 3 nitrogen and oxygen atoms in total. The smallest absolute Gasteiger partial charge is 0.203 e. The van der Waals surface area contributed by atoms with Crippen molar-refractivity contribution in [3.8, 4) is 10.4 Å². The summed E-state index contributed by atoms with van der Waals surface area (Å²) in [5.41, 5.74) is 6.37. The normalized spacial score (nSPS) is 27.5. The molecular weight excluding hydrogens is 350 g/mol. The molecule has 0 spiro atoms. The Hall–Kier alpha value is -2.20. The maximum absolute atomic E-state index is 4.82. The van der Waals surface area contributed by atoms with Gasteiger partial charge in [-0.3, -0.25) is 5.43 Å². The topological polar surface area (TPSA) is 37.3 Å². The van der Waals surface area contributed by atoms with Crippen LogP contribution in [0.5, 0.6) is 0 Å². The molecule has 1 N–H and O–H groups in total. The van der Waals surface area contributed by atoms with Crippen molar-refractivity contribution in [2.75, 3.05) is 5.43 Å². The molecule has 27 heavy (non-hydrogen) atoms. The van der Waals surface area contributed by atoms with E-state index in [1.807, 2.05) is 6.20 Å². The Morgan fingerprint density at radius 1 is 1.11 bits per heavy atom. The maximum atomic E-state index is 4.82. The zero-order chi connectivity index (χ0) is 18.6. The second-order valence-electron chi connectivity index (χ2n) is 8.76. The van der Waals surface area contributed by atoms with Crippen LogP contribution in [0.3, 0.4) is 0 Å². The lowest BCUT2D eigenvalue weighted by atomic mass is 9.70. The Labute approximate surface area is 164 Å². The summed E-state index contributed by atoms with van der Waals surface area (Å²) in [6.07, 6.45) is 5.67. The number of nitrogens with zero attached hydrogens (tertiary/aromatic N) is 2. The predicted molar refractivity (Wildman–Crippen MR) is 115 cm³/mol. The first-order valence-corrected chi connectivity index (χ1v) is 10.6. The van der Waals surface area contributed by atoms with Gasteiger partial charge in [0.15, 0.2) is 0 Å². The van der Waals surface area contributed by atoms with Gasteiger partial charge in [-0.25, -0.2) is 4.98 Å². The Bertz CT molecular complexity index is 1050. The van der Waals surface area contributed by atoms with Gasteiger partial charge in [0.2, 0.25) is 5.13 Å². The average Bonchev–Trinajstić information content (AvgIpc) is 3.28. The molecule has 0 unspecified atom stereocenters. The Balaban J connectivity index is 1.38. The maximum Gasteiger partial charge on any atom is 0.203 e. The van der Waals surface area contributed by atoms with Crippen molar-refractivity contribution >= 4 is 33.0 Å². The highest BCUT2D eigenvalue weighted by Gasteiger charge is 2.59. The minimum Gasteiger partial charge on any atom is -0.253 e. The zero-order valence-electron chi connectivity index (χ0n) is 16.1. The summed E-state index contributed by atoms with van der Waals surface area (Å²) in [5, 5.41) is 8.21. The number of hydrogen-bond acceptors (Lipinski definition) is 4. The summed E-state index contributed by atoms with van der Waals surface area (Å²) in [5.74, 6) is 0.771. The van der Waals surface area contributed by atoms with E-state index in [1.54, 1.807) is 11.3 Å². The quantitative estimate of drug-likeness (QED) is 0.525. The highest BCUT2D eigenvalue weighted by Crippen LogP contribution is 2.63. The third kappa shape index (κ3) is 2.53. The molecule has 0 aliphatic heterocycles. The van der Waals surface area contributed by atoms with Gasteiger partial charge in [0, 0.05) is 17.3 Å². The molecule has 2 saturated carbocycles. The van der Waals surface area contributed by atoms with E-state index in [0.717, 1.165) is 17.5 Å². The second kappa shape index (κ2) is 5.90. The Morgan fingerprint density at radius 2 is 1.93 bits per heavy atom. The molecule has 0 amide bonds. The van der Waals surface area contributed by atoms with E-state index in [4.69, 9.17) is 5.10 Å². The molecule has 4 heteroatoms. The van der Waals surface area contributed by atoms with E-state index < -0.39 is 0 Å². The molecule has 0 saturated heterocycles. The van der Waals surface area contributed by atoms with Crippen molar-refractivity contribution in [2.24, 2.45) is 21.8 Å². The van der Waals surface area contributed by atoms with Crippen molar-refractivity contribution < 1.29 is 0 Å². The number of fused-ring (bicyclic) bond motifs is 3. The number of rotatable bonds is 3. The second-order valence-corrected chi connectivity index (χ2v) is 9.79. The highest BCUT2D eigenvalue weighted by atomic mass is 32.1. The number of hydrogen-bond donors (Lipinski definition) is 1. The number of hydrazone groups is 1. The summed E-state index contributed by atoms with van der Waals surface area (Å²) < 4.78 is 0. The lowest BCUT2D eigenvalue weighted by molar-refractivity contribution is 0.194. The van der Waals surface area contributed by atoms with Crippen LogP contribution in [0.2, 0.25) is 0 Å². The van der Waals surface area contributed by atoms with Gasteiger partial charge in [0.25, 0.3) is 0 Å². The molecule has 5 rings (SSSR count). The van der Waals surface area contributed by atoms with Gasteiger partial charge in [0.05, 0.1) is 4.88 Å². The van der Waals surface area contributed by atoms with Gasteiger partial charge in [-0.2, -0.15) is 5.10 Å². The van der Waals surface area contributed by atoms with Crippen LogP contribution in [0, 0.1) is 16.7 Å². The summed E-state index contributed by atoms with van der Waals surface area (Å²) in [6, 6.07) is 15.0. The van der Waals surface area contributed by atoms with E-state index in [-0.39, 0.29) is 5.41 Å². The lowest BCUT2D eigenvalue weighted by Gasteiger charge is -2.34. The fraction of sp³-hybridized carbons (Fsp3) is 0.391. The van der Waals surface area contributed by atoms with Crippen molar-refractivity contribution in [1.82, 2.24) is 4.98 Å². The molecule has 1 aromatic heterocycles. The van der Waals surface area contributed by atoms with Gasteiger partial charge in [-0.05, 0) is 53.0 Å². The fourth-order valence-corrected chi connectivity index (χ4v) is 5.77. The van der Waals surface area contributed by atoms with E-state index in [0.29, 0.717) is 5.41 Å². The minimum atomic E-state index is 0.225. The molecule has 1 heterocycles. The highest BCUT2D eigenvalue weighted by molar-refractivity contribution is 7.18. The first-order valence-electron chi connectivity index (χ1n) is 9.75. The van der Waals surface area contributed by atoms with Crippen molar-refractivity contribution in [3.63, 3.8) is 0 Å². The van der Waals surface area contributed by atoms with E-state index in [9.17, 15) is 0 Å². The van der Waals surface area contributed by atoms with Gasteiger partial charge in [0.1, 0.15) is 0 Å². The number of aromatic nitrogens is 1. The Morgan fingerprint density at radius 3 is 2.67 bits per heavy atom. The van der Waals surface area contributed by atoms with Gasteiger partial charge in [-0.1, -0.05) is 68.5 Å². The van der Waals surface area contributed by atoms with Crippen LogP contribution in [0.25, 0.3) is 21.2 Å². The molecule has 2 fully saturated rings. The third-order valence-electron chi connectivity index (χ3n) is 7.34. The number of nitrogens with one attached hydrogen (secondary N) is 1. The molecule has 0 radical (unpaired) electrons. The first-order chi connectivity index (χ1) is 13.0. The SMILES string of the molecule is CC1(C)[C@H]2CC[C@]1(C)/C(=N/Nc1ncc(-c3ccc4ccccc4c3)s1)C2. The molecule has 2 aliphatic carbocycles. The van der Waals surface area contributed by atoms with Crippen molar-refractivity contribution in [3.05, 3.63) is 48.7 Å². The molecular formula is C23H25N3S. The molecule has 2 atom stereocenters. The van der Waals surface area contributed by atoms with Crippen LogP contribution in [0.1, 0.15) is 40.0 Å². The van der Waals surface area contributed by atoms with Gasteiger partial charge >= 0.3 is 0 Å². The molecule has 2 aliphatic rings. The summed E-state index contributed by atoms with van der Waals surface area (Å²) >= 11 is 1.67. The van der Waals surface area contributed by atoms with E-state index >= 15 is 0 Å². The van der Waals surface area contributed by atoms with Crippen LogP contribution >= 0.6 is 11.3 Å². The molecule has 138 valence electrons. The van der Waals surface area contributed by atoms with Crippen LogP contribution in [-0.4, -0.2) is 10.7 Å². The monoisotopic (exact) mass is 375 g/mol. The first kappa shape index (κ1) is 16.9. The molecule has 2 bridgehead atoms. The average molecular weight is 376 g/mol. The lowest BCUT2D eigenvalue weighted by Crippen LogP contribution is -2.32. The summed E-state index contributed by atoms with van der Waals surface area (Å²) in [4.78, 5) is 5.72. The summed E-state index contributed by atoms with van der Waals surface area (Å²) in [6.45, 7) is 7.21. The molecule has 2 aromatic carbocycles. The van der Waals surface area contributed by atoms with E-state index in [2.05, 4.69) is 73.6 Å². The largest absolute Gasteiger partial charge is 0.253 e. The number of anilines is 1. The fourth-order valence-electron chi connectivity index (χ4n) is 5.01. The van der Waals surface area contributed by atoms with Crippen LogP contribution in [0.4, 0.5) is 5.13 Å². The standard InChI is InChI=1S/C23H25N3S/c1-22(2)18-10-11-23(22,3)20(13-18)25-26-21-24-14-19(27-21)17-9-8-15-6-4-5-7-16(15)12-17/h4-9,12,14,18H,10-11,13H2,1-3H3,(H,24,26)/b25-20+/t18-,23+/m0/s1. The van der Waals surface area contributed by atoms with Gasteiger partial charge in [-0.15, -0.1) is 0 Å². The number of thiazole rings is 1. The van der Waals surface area contributed by atoms with Crippen molar-refractivity contribution in [2.45, 2.75) is 40.0 Å². The van der Waals surface area contributed by atoms with Gasteiger partial charge < -0.3 is 0 Å². The summed E-state index contributed by atoms with van der Waals surface area (Å²) in [7, 11) is 0. The van der Waals surface area contributed by atoms with E-state index in [1.165, 1.54) is 39.8 Å². The van der Waals surface area contributed by atoms with Crippen LogP contribution < -0.4 is 5.43 Å².